The van der Waals surface area contributed by atoms with Gasteiger partial charge >= 0.3 is 0 Å². The fraction of sp³-hybridized carbons (Fsp3) is 0.417. The first-order valence-electron chi connectivity index (χ1n) is 5.43. The van der Waals surface area contributed by atoms with Crippen LogP contribution in [0.15, 0.2) is 28.7 Å². The number of anilines is 1. The number of carbonyl (C=O) groups is 1. The quantitative estimate of drug-likeness (QED) is 0.874. The maximum absolute atomic E-state index is 12.1. The highest BCUT2D eigenvalue weighted by Gasteiger charge is 2.44. The minimum Gasteiger partial charge on any atom is -0.379 e. The van der Waals surface area contributed by atoms with Crippen molar-refractivity contribution in [2.45, 2.75) is 13.0 Å². The molecule has 1 aliphatic rings. The van der Waals surface area contributed by atoms with Crippen LogP contribution in [0.3, 0.4) is 0 Å². The summed E-state index contributed by atoms with van der Waals surface area (Å²) < 4.78 is 6.23. The fourth-order valence-corrected chi connectivity index (χ4v) is 1.99. The summed E-state index contributed by atoms with van der Waals surface area (Å²) in [7, 11) is 0. The van der Waals surface area contributed by atoms with Crippen molar-refractivity contribution >= 4 is 27.5 Å². The van der Waals surface area contributed by atoms with Crippen molar-refractivity contribution in [1.29, 1.82) is 0 Å². The zero-order chi connectivity index (χ0) is 12.5. The average Bonchev–Trinajstić information content (AvgIpc) is 2.64. The van der Waals surface area contributed by atoms with Crippen molar-refractivity contribution in [3.63, 3.8) is 0 Å². The van der Waals surface area contributed by atoms with Gasteiger partial charge in [0.15, 0.2) is 0 Å². The van der Waals surface area contributed by atoms with Crippen LogP contribution in [-0.4, -0.2) is 25.2 Å². The van der Waals surface area contributed by atoms with Crippen LogP contribution in [0.4, 0.5) is 5.69 Å². The molecule has 1 amide bonds. The van der Waals surface area contributed by atoms with Gasteiger partial charge in [-0.25, -0.2) is 0 Å². The highest BCUT2D eigenvalue weighted by atomic mass is 79.9. The third kappa shape index (κ3) is 2.51. The van der Waals surface area contributed by atoms with E-state index >= 15 is 0 Å². The van der Waals surface area contributed by atoms with E-state index < -0.39 is 5.41 Å². The van der Waals surface area contributed by atoms with Gasteiger partial charge in [-0.2, -0.15) is 0 Å². The van der Waals surface area contributed by atoms with E-state index in [1.807, 2.05) is 31.2 Å². The van der Waals surface area contributed by atoms with E-state index in [1.165, 1.54) is 0 Å². The van der Waals surface area contributed by atoms with Crippen molar-refractivity contribution in [2.24, 2.45) is 11.1 Å². The SMILES string of the molecule is CC1(C(=O)Nc2ccc(Br)cc2)COCC1N. The van der Waals surface area contributed by atoms with Crippen molar-refractivity contribution < 1.29 is 9.53 Å². The number of nitrogens with two attached hydrogens (primary N) is 1. The minimum absolute atomic E-state index is 0.0928. The summed E-state index contributed by atoms with van der Waals surface area (Å²) >= 11 is 3.35. The molecule has 2 rings (SSSR count). The molecule has 0 radical (unpaired) electrons. The number of amides is 1. The molecule has 2 atom stereocenters. The maximum atomic E-state index is 12.1. The lowest BCUT2D eigenvalue weighted by atomic mass is 9.85. The van der Waals surface area contributed by atoms with E-state index in [9.17, 15) is 4.79 Å². The second-order valence-corrected chi connectivity index (χ2v) is 5.42. The first kappa shape index (κ1) is 12.5. The first-order chi connectivity index (χ1) is 8.02. The van der Waals surface area contributed by atoms with Crippen LogP contribution in [-0.2, 0) is 9.53 Å². The summed E-state index contributed by atoms with van der Waals surface area (Å²) in [5, 5.41) is 2.86. The average molecular weight is 299 g/mol. The standard InChI is InChI=1S/C12H15BrN2O2/c1-12(7-17-6-10(12)14)11(16)15-9-4-2-8(13)3-5-9/h2-5,10H,6-7,14H2,1H3,(H,15,16). The largest absolute Gasteiger partial charge is 0.379 e. The number of rotatable bonds is 2. The van der Waals surface area contributed by atoms with Crippen LogP contribution in [0, 0.1) is 5.41 Å². The lowest BCUT2D eigenvalue weighted by Crippen LogP contribution is -2.47. The normalized spacial score (nSPS) is 28.1. The first-order valence-corrected chi connectivity index (χ1v) is 6.22. The van der Waals surface area contributed by atoms with E-state index in [0.29, 0.717) is 13.2 Å². The Kier molecular flexibility index (Phi) is 3.51. The maximum Gasteiger partial charge on any atom is 0.234 e. The number of ether oxygens (including phenoxy) is 1. The summed E-state index contributed by atoms with van der Waals surface area (Å²) in [6.45, 7) is 2.64. The van der Waals surface area contributed by atoms with Gasteiger partial charge in [-0.05, 0) is 31.2 Å². The number of benzene rings is 1. The van der Waals surface area contributed by atoms with Crippen LogP contribution >= 0.6 is 15.9 Å². The molecule has 1 aliphatic heterocycles. The smallest absolute Gasteiger partial charge is 0.234 e. The Bertz CT molecular complexity index is 421. The molecule has 17 heavy (non-hydrogen) atoms. The summed E-state index contributed by atoms with van der Waals surface area (Å²) in [5.74, 6) is -0.0928. The van der Waals surface area contributed by atoms with Crippen LogP contribution in [0.5, 0.6) is 0 Å². The molecule has 0 saturated carbocycles. The predicted molar refractivity (Wildman–Crippen MR) is 69.7 cm³/mol. The van der Waals surface area contributed by atoms with Gasteiger partial charge in [-0.1, -0.05) is 15.9 Å². The Balaban J connectivity index is 2.09. The van der Waals surface area contributed by atoms with Gasteiger partial charge in [0.2, 0.25) is 5.91 Å². The summed E-state index contributed by atoms with van der Waals surface area (Å²) in [4.78, 5) is 12.1. The molecule has 1 aromatic carbocycles. The Morgan fingerprint density at radius 3 is 2.71 bits per heavy atom. The Morgan fingerprint density at radius 1 is 1.53 bits per heavy atom. The third-order valence-electron chi connectivity index (χ3n) is 3.14. The molecule has 2 unspecified atom stereocenters. The van der Waals surface area contributed by atoms with Gasteiger partial charge in [0.05, 0.1) is 18.6 Å². The van der Waals surface area contributed by atoms with Crippen molar-refractivity contribution in [3.8, 4) is 0 Å². The molecule has 92 valence electrons. The fourth-order valence-electron chi connectivity index (χ4n) is 1.73. The lowest BCUT2D eigenvalue weighted by molar-refractivity contribution is -0.125. The number of hydrogen-bond acceptors (Lipinski definition) is 3. The molecular formula is C12H15BrN2O2. The van der Waals surface area contributed by atoms with Crippen LogP contribution < -0.4 is 11.1 Å². The van der Waals surface area contributed by atoms with Crippen LogP contribution in [0.1, 0.15) is 6.92 Å². The van der Waals surface area contributed by atoms with Crippen molar-refractivity contribution in [3.05, 3.63) is 28.7 Å². The molecule has 5 heteroatoms. The van der Waals surface area contributed by atoms with E-state index in [4.69, 9.17) is 10.5 Å². The second-order valence-electron chi connectivity index (χ2n) is 4.50. The van der Waals surface area contributed by atoms with Crippen LogP contribution in [0.25, 0.3) is 0 Å². The van der Waals surface area contributed by atoms with Gasteiger partial charge in [-0.15, -0.1) is 0 Å². The number of nitrogens with one attached hydrogen (secondary N) is 1. The zero-order valence-electron chi connectivity index (χ0n) is 9.57. The molecule has 4 nitrogen and oxygen atoms in total. The van der Waals surface area contributed by atoms with Crippen molar-refractivity contribution in [2.75, 3.05) is 18.5 Å². The molecule has 1 heterocycles. The van der Waals surface area contributed by atoms with Gasteiger partial charge < -0.3 is 15.8 Å². The molecular weight excluding hydrogens is 284 g/mol. The molecule has 3 N–H and O–H groups in total. The summed E-state index contributed by atoms with van der Waals surface area (Å²) in [6.07, 6.45) is 0. The zero-order valence-corrected chi connectivity index (χ0v) is 11.2. The monoisotopic (exact) mass is 298 g/mol. The number of halogens is 1. The summed E-state index contributed by atoms with van der Waals surface area (Å²) in [6, 6.07) is 7.18. The molecule has 0 aliphatic carbocycles. The number of hydrogen-bond donors (Lipinski definition) is 2. The third-order valence-corrected chi connectivity index (χ3v) is 3.67. The highest BCUT2D eigenvalue weighted by Crippen LogP contribution is 2.28. The molecule has 1 aromatic rings. The molecule has 0 spiro atoms. The van der Waals surface area contributed by atoms with Crippen molar-refractivity contribution in [1.82, 2.24) is 0 Å². The summed E-state index contributed by atoms with van der Waals surface area (Å²) in [5.41, 5.74) is 6.02. The van der Waals surface area contributed by atoms with Gasteiger partial charge in [-0.3, -0.25) is 4.79 Å². The Hall–Kier alpha value is -0.910. The Morgan fingerprint density at radius 2 is 2.18 bits per heavy atom. The highest BCUT2D eigenvalue weighted by molar-refractivity contribution is 9.10. The van der Waals surface area contributed by atoms with E-state index in [-0.39, 0.29) is 11.9 Å². The van der Waals surface area contributed by atoms with Crippen LogP contribution in [0.2, 0.25) is 0 Å². The lowest BCUT2D eigenvalue weighted by Gasteiger charge is -2.25. The number of carbonyl (C=O) groups excluding carboxylic acids is 1. The molecule has 0 bridgehead atoms. The minimum atomic E-state index is -0.646. The van der Waals surface area contributed by atoms with Gasteiger partial charge in [0.1, 0.15) is 0 Å². The Labute approximate surface area is 109 Å². The molecule has 1 saturated heterocycles. The topological polar surface area (TPSA) is 64.3 Å². The predicted octanol–water partition coefficient (Wildman–Crippen LogP) is 1.75. The molecule has 0 aromatic heterocycles. The van der Waals surface area contributed by atoms with Gasteiger partial charge in [0, 0.05) is 16.2 Å². The second kappa shape index (κ2) is 4.76. The van der Waals surface area contributed by atoms with E-state index in [2.05, 4.69) is 21.2 Å². The van der Waals surface area contributed by atoms with Gasteiger partial charge in [0.25, 0.3) is 0 Å². The van der Waals surface area contributed by atoms with E-state index in [0.717, 1.165) is 10.2 Å². The van der Waals surface area contributed by atoms with E-state index in [1.54, 1.807) is 0 Å². The molecule has 1 fully saturated rings.